The van der Waals surface area contributed by atoms with Gasteiger partial charge in [-0.25, -0.2) is 8.42 Å². The van der Waals surface area contributed by atoms with Crippen LogP contribution < -0.4 is 10.1 Å². The Morgan fingerprint density at radius 2 is 1.79 bits per heavy atom. The lowest BCUT2D eigenvalue weighted by Crippen LogP contribution is -2.33. The number of hydrogen-bond donors (Lipinski definition) is 1. The van der Waals surface area contributed by atoms with E-state index in [9.17, 15) is 23.3 Å². The van der Waals surface area contributed by atoms with E-state index in [0.717, 1.165) is 0 Å². The molecule has 10 heteroatoms. The van der Waals surface area contributed by atoms with E-state index in [0.29, 0.717) is 0 Å². The molecule has 2 rings (SSSR count). The van der Waals surface area contributed by atoms with Crippen LogP contribution in [-0.2, 0) is 10.0 Å². The molecule has 9 nitrogen and oxygen atoms in total. The Hall–Kier alpha value is -2.98. The van der Waals surface area contributed by atoms with Crippen molar-refractivity contribution in [3.8, 4) is 5.75 Å². The minimum absolute atomic E-state index is 0.0770. The molecule has 0 aliphatic rings. The highest BCUT2D eigenvalue weighted by atomic mass is 32.2. The summed E-state index contributed by atoms with van der Waals surface area (Å²) in [5.41, 5.74) is 0.319. The molecule has 1 N–H and O–H groups in total. The van der Waals surface area contributed by atoms with Crippen molar-refractivity contribution in [2.24, 2.45) is 0 Å². The number of nitro groups is 1. The number of methoxy groups -OCH3 is 1. The molecule has 2 aromatic rings. The summed E-state index contributed by atoms with van der Waals surface area (Å²) >= 11 is 0. The van der Waals surface area contributed by atoms with Gasteiger partial charge in [0.1, 0.15) is 5.75 Å². The number of rotatable bonds is 7. The van der Waals surface area contributed by atoms with Crippen molar-refractivity contribution in [1.29, 1.82) is 0 Å². The number of hydrogen-bond acceptors (Lipinski definition) is 6. The standard InChI is InChI=1S/C18H21N3O6S/c1-12(2)20(3)28(25,26)15-8-5-13(6-9-15)18(22)19-16-10-7-14(21(23)24)11-17(16)27-4/h5-12H,1-4H3,(H,19,22). The maximum Gasteiger partial charge on any atom is 0.273 e. The number of carbonyl (C=O) groups excluding carboxylic acids is 1. The van der Waals surface area contributed by atoms with Crippen LogP contribution in [0.4, 0.5) is 11.4 Å². The van der Waals surface area contributed by atoms with Crippen LogP contribution in [0.25, 0.3) is 0 Å². The quantitative estimate of drug-likeness (QED) is 0.557. The van der Waals surface area contributed by atoms with Crippen molar-refractivity contribution in [1.82, 2.24) is 4.31 Å². The Bertz CT molecular complexity index is 987. The number of anilines is 1. The van der Waals surface area contributed by atoms with Gasteiger partial charge in [-0.1, -0.05) is 0 Å². The average Bonchev–Trinajstić information content (AvgIpc) is 2.67. The molecule has 0 aromatic heterocycles. The molecule has 0 aliphatic heterocycles. The van der Waals surface area contributed by atoms with E-state index in [1.54, 1.807) is 13.8 Å². The second kappa shape index (κ2) is 8.36. The van der Waals surface area contributed by atoms with Crippen LogP contribution >= 0.6 is 0 Å². The number of nitro benzene ring substituents is 1. The number of nitrogens with one attached hydrogen (secondary N) is 1. The first-order valence-electron chi connectivity index (χ1n) is 8.29. The lowest BCUT2D eigenvalue weighted by Gasteiger charge is -2.21. The first kappa shape index (κ1) is 21.3. The molecule has 150 valence electrons. The third-order valence-electron chi connectivity index (χ3n) is 4.16. The zero-order valence-corrected chi connectivity index (χ0v) is 16.7. The first-order valence-corrected chi connectivity index (χ1v) is 9.73. The molecule has 0 aliphatic carbocycles. The van der Waals surface area contributed by atoms with E-state index in [1.807, 2.05) is 0 Å². The number of carbonyl (C=O) groups is 1. The average molecular weight is 407 g/mol. The molecule has 0 radical (unpaired) electrons. The van der Waals surface area contributed by atoms with E-state index in [2.05, 4.69) is 5.32 Å². The molecule has 0 saturated carbocycles. The van der Waals surface area contributed by atoms with Gasteiger partial charge in [0.15, 0.2) is 0 Å². The minimum atomic E-state index is -3.65. The molecular weight excluding hydrogens is 386 g/mol. The highest BCUT2D eigenvalue weighted by Gasteiger charge is 2.23. The lowest BCUT2D eigenvalue weighted by molar-refractivity contribution is -0.384. The van der Waals surface area contributed by atoms with Crippen LogP contribution in [-0.4, -0.2) is 43.8 Å². The molecule has 0 unspecified atom stereocenters. The monoisotopic (exact) mass is 407 g/mol. The van der Waals surface area contributed by atoms with E-state index in [-0.39, 0.29) is 33.6 Å². The van der Waals surface area contributed by atoms with E-state index >= 15 is 0 Å². The van der Waals surface area contributed by atoms with Gasteiger partial charge in [-0.2, -0.15) is 4.31 Å². The highest BCUT2D eigenvalue weighted by molar-refractivity contribution is 7.89. The van der Waals surface area contributed by atoms with Gasteiger partial charge in [0, 0.05) is 24.7 Å². The van der Waals surface area contributed by atoms with Crippen molar-refractivity contribution < 1.29 is 22.9 Å². The number of non-ortho nitro benzene ring substituents is 1. The third kappa shape index (κ3) is 4.46. The zero-order valence-electron chi connectivity index (χ0n) is 15.9. The van der Waals surface area contributed by atoms with Gasteiger partial charge in [0.25, 0.3) is 11.6 Å². The fourth-order valence-electron chi connectivity index (χ4n) is 2.31. The van der Waals surface area contributed by atoms with Gasteiger partial charge >= 0.3 is 0 Å². The van der Waals surface area contributed by atoms with Gasteiger partial charge in [0.2, 0.25) is 10.0 Å². The molecule has 28 heavy (non-hydrogen) atoms. The van der Waals surface area contributed by atoms with Gasteiger partial charge in [-0.15, -0.1) is 0 Å². The van der Waals surface area contributed by atoms with E-state index < -0.39 is 20.9 Å². The molecule has 0 atom stereocenters. The summed E-state index contributed by atoms with van der Waals surface area (Å²) in [7, 11) is -0.825. The van der Waals surface area contributed by atoms with Crippen LogP contribution in [0.1, 0.15) is 24.2 Å². The van der Waals surface area contributed by atoms with Crippen LogP contribution in [0.5, 0.6) is 5.75 Å². The predicted octanol–water partition coefficient (Wildman–Crippen LogP) is 2.88. The molecule has 1 amide bonds. The Morgan fingerprint density at radius 3 is 2.29 bits per heavy atom. The summed E-state index contributed by atoms with van der Waals surface area (Å²) in [5, 5.41) is 13.4. The van der Waals surface area contributed by atoms with Crippen LogP contribution in [0.3, 0.4) is 0 Å². The van der Waals surface area contributed by atoms with Crippen molar-refractivity contribution >= 4 is 27.3 Å². The fourth-order valence-corrected chi connectivity index (χ4v) is 3.68. The molecule has 0 spiro atoms. The van der Waals surface area contributed by atoms with Crippen LogP contribution in [0.2, 0.25) is 0 Å². The molecule has 0 fully saturated rings. The molecular formula is C18H21N3O6S. The Morgan fingerprint density at radius 1 is 1.18 bits per heavy atom. The Balaban J connectivity index is 2.24. The topological polar surface area (TPSA) is 119 Å². The number of amides is 1. The summed E-state index contributed by atoms with van der Waals surface area (Å²) in [6, 6.07) is 9.12. The predicted molar refractivity (Wildman–Crippen MR) is 104 cm³/mol. The normalized spacial score (nSPS) is 11.5. The van der Waals surface area contributed by atoms with Gasteiger partial charge in [-0.3, -0.25) is 14.9 Å². The third-order valence-corrected chi connectivity index (χ3v) is 6.21. The first-order chi connectivity index (χ1) is 13.1. The molecule has 0 bridgehead atoms. The Labute approximate surface area is 163 Å². The van der Waals surface area contributed by atoms with Crippen LogP contribution in [0, 0.1) is 10.1 Å². The van der Waals surface area contributed by atoms with Crippen LogP contribution in [0.15, 0.2) is 47.4 Å². The van der Waals surface area contributed by atoms with Gasteiger partial charge < -0.3 is 10.1 Å². The smallest absolute Gasteiger partial charge is 0.273 e. The summed E-state index contributed by atoms with van der Waals surface area (Å²) in [6.45, 7) is 3.52. The minimum Gasteiger partial charge on any atom is -0.494 e. The SMILES string of the molecule is COc1cc([N+](=O)[O-])ccc1NC(=O)c1ccc(S(=O)(=O)N(C)C(C)C)cc1. The molecule has 0 heterocycles. The van der Waals surface area contributed by atoms with E-state index in [1.165, 1.54) is 60.9 Å². The van der Waals surface area contributed by atoms with Crippen molar-refractivity contribution in [3.05, 3.63) is 58.1 Å². The van der Waals surface area contributed by atoms with Gasteiger partial charge in [-0.05, 0) is 44.2 Å². The number of ether oxygens (including phenoxy) is 1. The summed E-state index contributed by atoms with van der Waals surface area (Å²) in [4.78, 5) is 22.8. The second-order valence-electron chi connectivity index (χ2n) is 6.24. The maximum absolute atomic E-state index is 12.5. The highest BCUT2D eigenvalue weighted by Crippen LogP contribution is 2.29. The van der Waals surface area contributed by atoms with Gasteiger partial charge in [0.05, 0.1) is 28.7 Å². The number of nitrogens with zero attached hydrogens (tertiary/aromatic N) is 2. The zero-order chi connectivity index (χ0) is 21.1. The lowest BCUT2D eigenvalue weighted by atomic mass is 10.2. The van der Waals surface area contributed by atoms with E-state index in [4.69, 9.17) is 4.74 Å². The summed E-state index contributed by atoms with van der Waals surface area (Å²) in [6.07, 6.45) is 0. The van der Waals surface area contributed by atoms with Crippen molar-refractivity contribution in [3.63, 3.8) is 0 Å². The Kier molecular flexibility index (Phi) is 6.37. The fraction of sp³-hybridized carbons (Fsp3) is 0.278. The number of benzene rings is 2. The summed E-state index contributed by atoms with van der Waals surface area (Å²) < 4.78 is 31.3. The summed E-state index contributed by atoms with van der Waals surface area (Å²) in [5.74, 6) is -0.367. The maximum atomic E-state index is 12.5. The second-order valence-corrected chi connectivity index (χ2v) is 8.23. The largest absolute Gasteiger partial charge is 0.494 e. The molecule has 0 saturated heterocycles. The van der Waals surface area contributed by atoms with Crippen molar-refractivity contribution in [2.75, 3.05) is 19.5 Å². The molecule has 2 aromatic carbocycles. The van der Waals surface area contributed by atoms with Crippen molar-refractivity contribution in [2.45, 2.75) is 24.8 Å². The number of sulfonamides is 1.